The highest BCUT2D eigenvalue weighted by molar-refractivity contribution is 6.30. The quantitative estimate of drug-likeness (QED) is 0.820. The summed E-state index contributed by atoms with van der Waals surface area (Å²) in [4.78, 5) is 14.8. The molecule has 3 rings (SSSR count). The first-order valence-electron chi connectivity index (χ1n) is 9.17. The van der Waals surface area contributed by atoms with Crippen LogP contribution in [0.4, 0.5) is 0 Å². The molecular weight excluding hydrogens is 346 g/mol. The second-order valence-electron chi connectivity index (χ2n) is 6.98. The molecule has 0 saturated carbocycles. The molecule has 0 spiro atoms. The first-order chi connectivity index (χ1) is 12.6. The normalized spacial score (nSPS) is 17.0. The van der Waals surface area contributed by atoms with Crippen LogP contribution in [-0.4, -0.2) is 36.0 Å². The van der Waals surface area contributed by atoms with Crippen molar-refractivity contribution >= 4 is 17.5 Å². The lowest BCUT2D eigenvalue weighted by atomic mass is 10.0. The molecule has 0 aliphatic carbocycles. The number of halogens is 1. The summed E-state index contributed by atoms with van der Waals surface area (Å²) in [5, 5.41) is 3.89. The Balaban J connectivity index is 1.41. The molecule has 0 aromatic heterocycles. The minimum absolute atomic E-state index is 0.0509. The molecule has 3 N–H and O–H groups in total. The summed E-state index contributed by atoms with van der Waals surface area (Å²) >= 11 is 5.93. The number of rotatable bonds is 6. The van der Waals surface area contributed by atoms with Gasteiger partial charge in [-0.25, -0.2) is 0 Å². The molecule has 1 aliphatic rings. The summed E-state index contributed by atoms with van der Waals surface area (Å²) < 4.78 is 0. The van der Waals surface area contributed by atoms with Crippen molar-refractivity contribution in [3.8, 4) is 0 Å². The third-order valence-corrected chi connectivity index (χ3v) is 5.14. The van der Waals surface area contributed by atoms with E-state index in [1.807, 2.05) is 42.5 Å². The predicted molar refractivity (Wildman–Crippen MR) is 106 cm³/mol. The van der Waals surface area contributed by atoms with Gasteiger partial charge in [-0.2, -0.15) is 0 Å². The summed E-state index contributed by atoms with van der Waals surface area (Å²) in [6, 6.07) is 17.6. The molecule has 1 aliphatic heterocycles. The van der Waals surface area contributed by atoms with E-state index in [2.05, 4.69) is 22.3 Å². The van der Waals surface area contributed by atoms with Gasteiger partial charge in [-0.15, -0.1) is 0 Å². The standard InChI is InChI=1S/C21H26ClN3O/c22-18-8-6-17(7-9-18)15-25-12-10-19(11-13-25)24-21(26)20(23)14-16-4-2-1-3-5-16/h1-9,19-20H,10-15,23H2,(H,24,26). The van der Waals surface area contributed by atoms with E-state index in [-0.39, 0.29) is 11.9 Å². The first kappa shape index (κ1) is 18.9. The maximum Gasteiger partial charge on any atom is 0.237 e. The van der Waals surface area contributed by atoms with Crippen LogP contribution >= 0.6 is 11.6 Å². The molecule has 1 atom stereocenters. The lowest BCUT2D eigenvalue weighted by Gasteiger charge is -2.32. The van der Waals surface area contributed by atoms with Crippen molar-refractivity contribution in [1.82, 2.24) is 10.2 Å². The maximum atomic E-state index is 12.4. The van der Waals surface area contributed by atoms with Crippen LogP contribution in [0.3, 0.4) is 0 Å². The molecule has 1 unspecified atom stereocenters. The zero-order valence-corrected chi connectivity index (χ0v) is 15.7. The van der Waals surface area contributed by atoms with Gasteiger partial charge < -0.3 is 11.1 Å². The minimum atomic E-state index is -0.496. The third kappa shape index (κ3) is 5.56. The van der Waals surface area contributed by atoms with Crippen molar-refractivity contribution in [2.45, 2.75) is 37.9 Å². The van der Waals surface area contributed by atoms with Crippen LogP contribution in [0.5, 0.6) is 0 Å². The van der Waals surface area contributed by atoms with E-state index in [0.717, 1.165) is 43.1 Å². The third-order valence-electron chi connectivity index (χ3n) is 4.89. The molecule has 5 heteroatoms. The average Bonchev–Trinajstić information content (AvgIpc) is 2.66. The van der Waals surface area contributed by atoms with Gasteiger partial charge in [-0.1, -0.05) is 54.1 Å². The predicted octanol–water partition coefficient (Wildman–Crippen LogP) is 2.99. The van der Waals surface area contributed by atoms with Gasteiger partial charge in [0.1, 0.15) is 0 Å². The smallest absolute Gasteiger partial charge is 0.237 e. The number of benzene rings is 2. The molecule has 0 radical (unpaired) electrons. The van der Waals surface area contributed by atoms with Gasteiger partial charge in [-0.3, -0.25) is 9.69 Å². The summed E-state index contributed by atoms with van der Waals surface area (Å²) in [6.45, 7) is 2.87. The Morgan fingerprint density at radius 2 is 1.73 bits per heavy atom. The Hall–Kier alpha value is -1.88. The van der Waals surface area contributed by atoms with Crippen molar-refractivity contribution in [2.75, 3.05) is 13.1 Å². The fourth-order valence-corrected chi connectivity index (χ4v) is 3.48. The van der Waals surface area contributed by atoms with Gasteiger partial charge >= 0.3 is 0 Å². The van der Waals surface area contributed by atoms with E-state index in [4.69, 9.17) is 17.3 Å². The van der Waals surface area contributed by atoms with E-state index < -0.39 is 6.04 Å². The first-order valence-corrected chi connectivity index (χ1v) is 9.54. The second kappa shape index (κ2) is 9.17. The van der Waals surface area contributed by atoms with Crippen LogP contribution in [0, 0.1) is 0 Å². The van der Waals surface area contributed by atoms with Crippen LogP contribution in [-0.2, 0) is 17.8 Å². The minimum Gasteiger partial charge on any atom is -0.352 e. The Labute approximate surface area is 160 Å². The summed E-state index contributed by atoms with van der Waals surface area (Å²) in [6.07, 6.45) is 2.48. The molecule has 2 aromatic rings. The summed E-state index contributed by atoms with van der Waals surface area (Å²) in [5.74, 6) is -0.0509. The van der Waals surface area contributed by atoms with Crippen molar-refractivity contribution in [2.24, 2.45) is 5.73 Å². The molecule has 138 valence electrons. The molecule has 1 amide bonds. The van der Waals surface area contributed by atoms with E-state index in [1.54, 1.807) is 0 Å². The second-order valence-corrected chi connectivity index (χ2v) is 7.42. The topological polar surface area (TPSA) is 58.4 Å². The zero-order valence-electron chi connectivity index (χ0n) is 14.9. The van der Waals surface area contributed by atoms with Crippen molar-refractivity contribution in [1.29, 1.82) is 0 Å². The van der Waals surface area contributed by atoms with Crippen LogP contribution in [0.1, 0.15) is 24.0 Å². The highest BCUT2D eigenvalue weighted by Gasteiger charge is 2.23. The highest BCUT2D eigenvalue weighted by Crippen LogP contribution is 2.16. The number of likely N-dealkylation sites (tertiary alicyclic amines) is 1. The van der Waals surface area contributed by atoms with Crippen molar-refractivity contribution in [3.63, 3.8) is 0 Å². The Kier molecular flexibility index (Phi) is 6.67. The van der Waals surface area contributed by atoms with E-state index in [0.29, 0.717) is 6.42 Å². The van der Waals surface area contributed by atoms with Crippen LogP contribution < -0.4 is 11.1 Å². The van der Waals surface area contributed by atoms with Crippen LogP contribution in [0.25, 0.3) is 0 Å². The van der Waals surface area contributed by atoms with E-state index in [1.165, 1.54) is 5.56 Å². The number of hydrogen-bond donors (Lipinski definition) is 2. The zero-order chi connectivity index (χ0) is 18.4. The molecule has 4 nitrogen and oxygen atoms in total. The van der Waals surface area contributed by atoms with Gasteiger partial charge in [0.2, 0.25) is 5.91 Å². The molecule has 2 aromatic carbocycles. The number of nitrogens with two attached hydrogens (primary N) is 1. The Bertz CT molecular complexity index is 697. The summed E-state index contributed by atoms with van der Waals surface area (Å²) in [5.41, 5.74) is 8.43. The fraction of sp³-hybridized carbons (Fsp3) is 0.381. The molecule has 1 fully saturated rings. The Morgan fingerprint density at radius 3 is 2.38 bits per heavy atom. The molecule has 26 heavy (non-hydrogen) atoms. The van der Waals surface area contributed by atoms with Gasteiger partial charge in [0.15, 0.2) is 0 Å². The number of nitrogens with zero attached hydrogens (tertiary/aromatic N) is 1. The maximum absolute atomic E-state index is 12.4. The molecule has 1 heterocycles. The van der Waals surface area contributed by atoms with Crippen molar-refractivity contribution in [3.05, 3.63) is 70.7 Å². The lowest BCUT2D eigenvalue weighted by Crippen LogP contribution is -2.50. The summed E-state index contributed by atoms with van der Waals surface area (Å²) in [7, 11) is 0. The molecule has 0 bridgehead atoms. The van der Waals surface area contributed by atoms with Gasteiger partial charge in [0, 0.05) is 30.7 Å². The SMILES string of the molecule is NC(Cc1ccccc1)C(=O)NC1CCN(Cc2ccc(Cl)cc2)CC1. The van der Waals surface area contributed by atoms with Gasteiger partial charge in [-0.05, 0) is 42.5 Å². The van der Waals surface area contributed by atoms with E-state index in [9.17, 15) is 4.79 Å². The van der Waals surface area contributed by atoms with Gasteiger partial charge in [0.25, 0.3) is 0 Å². The fourth-order valence-electron chi connectivity index (χ4n) is 3.35. The largest absolute Gasteiger partial charge is 0.352 e. The number of hydrogen-bond acceptors (Lipinski definition) is 3. The monoisotopic (exact) mass is 371 g/mol. The van der Waals surface area contributed by atoms with E-state index >= 15 is 0 Å². The number of carbonyl (C=O) groups is 1. The average molecular weight is 372 g/mol. The Morgan fingerprint density at radius 1 is 1.08 bits per heavy atom. The van der Waals surface area contributed by atoms with Crippen LogP contribution in [0.2, 0.25) is 5.02 Å². The number of carbonyl (C=O) groups excluding carboxylic acids is 1. The van der Waals surface area contributed by atoms with Gasteiger partial charge in [0.05, 0.1) is 6.04 Å². The molecule has 1 saturated heterocycles. The number of nitrogens with one attached hydrogen (secondary N) is 1. The lowest BCUT2D eigenvalue weighted by molar-refractivity contribution is -0.123. The van der Waals surface area contributed by atoms with Crippen LogP contribution in [0.15, 0.2) is 54.6 Å². The highest BCUT2D eigenvalue weighted by atomic mass is 35.5. The number of amides is 1. The molecular formula is C21H26ClN3O. The van der Waals surface area contributed by atoms with Crippen molar-refractivity contribution < 1.29 is 4.79 Å². The number of piperidine rings is 1.